The maximum atomic E-state index is 13.5. The fraction of sp³-hybridized carbons (Fsp3) is 0.294. The van der Waals surface area contributed by atoms with Crippen molar-refractivity contribution in [2.75, 3.05) is 11.9 Å². The Balaban J connectivity index is 1.98. The highest BCUT2D eigenvalue weighted by atomic mass is 19.1. The van der Waals surface area contributed by atoms with Gasteiger partial charge in [-0.05, 0) is 24.1 Å². The molecule has 0 fully saturated rings. The summed E-state index contributed by atoms with van der Waals surface area (Å²) in [5.41, 5.74) is 1.25. The Morgan fingerprint density at radius 3 is 2.62 bits per heavy atom. The second-order valence-corrected chi connectivity index (χ2v) is 5.32. The van der Waals surface area contributed by atoms with Crippen LogP contribution in [0.1, 0.15) is 19.4 Å². The Bertz CT molecular complexity index is 599. The van der Waals surface area contributed by atoms with Gasteiger partial charge in [-0.3, -0.25) is 0 Å². The molecule has 2 aromatic rings. The molecule has 0 saturated heterocycles. The van der Waals surface area contributed by atoms with E-state index >= 15 is 0 Å². The number of hydrogen-bond donors (Lipinski definition) is 1. The number of halogens is 2. The Morgan fingerprint density at radius 1 is 1.10 bits per heavy atom. The van der Waals surface area contributed by atoms with Crippen molar-refractivity contribution in [2.45, 2.75) is 20.4 Å². The summed E-state index contributed by atoms with van der Waals surface area (Å²) in [4.78, 5) is 0. The number of anilines is 1. The van der Waals surface area contributed by atoms with Crippen LogP contribution in [-0.2, 0) is 6.54 Å². The monoisotopic (exact) mass is 291 g/mol. The molecular weight excluding hydrogens is 272 g/mol. The second-order valence-electron chi connectivity index (χ2n) is 5.32. The molecule has 0 radical (unpaired) electrons. The van der Waals surface area contributed by atoms with Crippen LogP contribution in [0.15, 0.2) is 42.5 Å². The fourth-order valence-corrected chi connectivity index (χ4v) is 1.82. The molecule has 21 heavy (non-hydrogen) atoms. The van der Waals surface area contributed by atoms with Crippen LogP contribution in [0.5, 0.6) is 5.75 Å². The van der Waals surface area contributed by atoms with Gasteiger partial charge in [0, 0.05) is 29.9 Å². The van der Waals surface area contributed by atoms with E-state index in [9.17, 15) is 8.78 Å². The van der Waals surface area contributed by atoms with Crippen LogP contribution in [0.4, 0.5) is 14.5 Å². The van der Waals surface area contributed by atoms with Gasteiger partial charge in [-0.1, -0.05) is 26.0 Å². The number of nitrogens with one attached hydrogen (secondary N) is 1. The van der Waals surface area contributed by atoms with Crippen LogP contribution < -0.4 is 10.1 Å². The Kier molecular flexibility index (Phi) is 5.14. The molecule has 2 rings (SSSR count). The zero-order chi connectivity index (χ0) is 15.2. The minimum absolute atomic E-state index is 0.291. The summed E-state index contributed by atoms with van der Waals surface area (Å²) in [6.45, 7) is 5.11. The van der Waals surface area contributed by atoms with Gasteiger partial charge in [-0.2, -0.15) is 0 Å². The minimum Gasteiger partial charge on any atom is -0.493 e. The Morgan fingerprint density at radius 2 is 1.90 bits per heavy atom. The van der Waals surface area contributed by atoms with Crippen molar-refractivity contribution in [3.05, 3.63) is 59.7 Å². The second kappa shape index (κ2) is 7.07. The van der Waals surface area contributed by atoms with E-state index in [-0.39, 0.29) is 0 Å². The molecule has 0 atom stereocenters. The molecular formula is C17H19F2NO. The van der Waals surface area contributed by atoms with Crippen LogP contribution in [0.3, 0.4) is 0 Å². The number of benzene rings is 2. The van der Waals surface area contributed by atoms with Crippen molar-refractivity contribution in [2.24, 2.45) is 5.92 Å². The molecule has 0 saturated carbocycles. The summed E-state index contributed by atoms with van der Waals surface area (Å²) in [5.74, 6) is 0.109. The molecule has 0 amide bonds. The van der Waals surface area contributed by atoms with E-state index in [0.717, 1.165) is 17.5 Å². The van der Waals surface area contributed by atoms with E-state index in [1.54, 1.807) is 0 Å². The van der Waals surface area contributed by atoms with Crippen LogP contribution in [0.25, 0.3) is 0 Å². The third-order valence-corrected chi connectivity index (χ3v) is 2.92. The molecule has 2 nitrogen and oxygen atoms in total. The lowest BCUT2D eigenvalue weighted by Crippen LogP contribution is -2.05. The van der Waals surface area contributed by atoms with Crippen LogP contribution in [0, 0.1) is 17.6 Å². The lowest BCUT2D eigenvalue weighted by molar-refractivity contribution is 0.271. The largest absolute Gasteiger partial charge is 0.493 e. The zero-order valence-corrected chi connectivity index (χ0v) is 12.2. The van der Waals surface area contributed by atoms with Gasteiger partial charge in [0.05, 0.1) is 6.61 Å². The molecule has 4 heteroatoms. The van der Waals surface area contributed by atoms with Crippen molar-refractivity contribution in [3.63, 3.8) is 0 Å². The van der Waals surface area contributed by atoms with E-state index < -0.39 is 11.6 Å². The lowest BCUT2D eigenvalue weighted by atomic mass is 10.2. The normalized spacial score (nSPS) is 10.7. The average Bonchev–Trinajstić information content (AvgIpc) is 2.45. The maximum absolute atomic E-state index is 13.5. The van der Waals surface area contributed by atoms with E-state index in [0.29, 0.717) is 24.6 Å². The van der Waals surface area contributed by atoms with Crippen LogP contribution in [0.2, 0.25) is 0 Å². The Hall–Kier alpha value is -2.10. The van der Waals surface area contributed by atoms with Gasteiger partial charge in [0.2, 0.25) is 0 Å². The van der Waals surface area contributed by atoms with Crippen molar-refractivity contribution < 1.29 is 13.5 Å². The highest BCUT2D eigenvalue weighted by Gasteiger charge is 2.04. The summed E-state index contributed by atoms with van der Waals surface area (Å²) >= 11 is 0. The maximum Gasteiger partial charge on any atom is 0.131 e. The quantitative estimate of drug-likeness (QED) is 0.839. The first-order valence-corrected chi connectivity index (χ1v) is 6.95. The summed E-state index contributed by atoms with van der Waals surface area (Å²) in [6, 6.07) is 11.1. The summed E-state index contributed by atoms with van der Waals surface area (Å²) in [5, 5.41) is 3.11. The molecule has 0 aliphatic rings. The van der Waals surface area contributed by atoms with Crippen molar-refractivity contribution >= 4 is 5.69 Å². The van der Waals surface area contributed by atoms with E-state index in [1.807, 2.05) is 24.3 Å². The molecule has 112 valence electrons. The summed E-state index contributed by atoms with van der Waals surface area (Å²) < 4.78 is 32.0. The van der Waals surface area contributed by atoms with E-state index in [2.05, 4.69) is 19.2 Å². The smallest absolute Gasteiger partial charge is 0.131 e. The van der Waals surface area contributed by atoms with Crippen molar-refractivity contribution in [1.82, 2.24) is 0 Å². The van der Waals surface area contributed by atoms with Crippen molar-refractivity contribution in [3.8, 4) is 5.75 Å². The van der Waals surface area contributed by atoms with Gasteiger partial charge < -0.3 is 10.1 Å². The van der Waals surface area contributed by atoms with Gasteiger partial charge in [0.15, 0.2) is 0 Å². The van der Waals surface area contributed by atoms with E-state index in [4.69, 9.17) is 4.74 Å². The minimum atomic E-state index is -0.569. The summed E-state index contributed by atoms with van der Waals surface area (Å²) in [6.07, 6.45) is 0. The first-order valence-electron chi connectivity index (χ1n) is 6.95. The first-order chi connectivity index (χ1) is 10.0. The number of rotatable bonds is 6. The highest BCUT2D eigenvalue weighted by molar-refractivity contribution is 5.48. The predicted molar refractivity (Wildman–Crippen MR) is 80.5 cm³/mol. The summed E-state index contributed by atoms with van der Waals surface area (Å²) in [7, 11) is 0. The van der Waals surface area contributed by atoms with Gasteiger partial charge in [0.25, 0.3) is 0 Å². The standard InChI is InChI=1S/C17H19F2NO/c1-12(2)11-21-16-5-3-4-15(9-16)20-10-13-6-7-14(18)8-17(13)19/h3-9,12,20H,10-11H2,1-2H3. The molecule has 0 heterocycles. The molecule has 0 bridgehead atoms. The van der Waals surface area contributed by atoms with Gasteiger partial charge in [-0.15, -0.1) is 0 Å². The van der Waals surface area contributed by atoms with Gasteiger partial charge in [-0.25, -0.2) is 8.78 Å². The van der Waals surface area contributed by atoms with Crippen LogP contribution >= 0.6 is 0 Å². The third-order valence-electron chi connectivity index (χ3n) is 2.92. The SMILES string of the molecule is CC(C)COc1cccc(NCc2ccc(F)cc2F)c1. The molecule has 0 aliphatic heterocycles. The zero-order valence-electron chi connectivity index (χ0n) is 12.2. The van der Waals surface area contributed by atoms with E-state index in [1.165, 1.54) is 12.1 Å². The molecule has 2 aromatic carbocycles. The highest BCUT2D eigenvalue weighted by Crippen LogP contribution is 2.19. The van der Waals surface area contributed by atoms with Crippen molar-refractivity contribution in [1.29, 1.82) is 0 Å². The Labute approximate surface area is 123 Å². The van der Waals surface area contributed by atoms with Crippen LogP contribution in [-0.4, -0.2) is 6.61 Å². The van der Waals surface area contributed by atoms with Gasteiger partial charge in [0.1, 0.15) is 17.4 Å². The molecule has 0 unspecified atom stereocenters. The molecule has 0 spiro atoms. The molecule has 1 N–H and O–H groups in total. The molecule has 0 aromatic heterocycles. The lowest BCUT2D eigenvalue weighted by Gasteiger charge is -2.11. The predicted octanol–water partition coefficient (Wildman–Crippen LogP) is 4.61. The first kappa shape index (κ1) is 15.3. The molecule has 0 aliphatic carbocycles. The number of hydrogen-bond acceptors (Lipinski definition) is 2. The number of ether oxygens (including phenoxy) is 1. The topological polar surface area (TPSA) is 21.3 Å². The fourth-order valence-electron chi connectivity index (χ4n) is 1.82. The van der Waals surface area contributed by atoms with Gasteiger partial charge >= 0.3 is 0 Å². The average molecular weight is 291 g/mol. The third kappa shape index (κ3) is 4.74.